The molecule has 0 amide bonds. The summed E-state index contributed by atoms with van der Waals surface area (Å²) in [6.07, 6.45) is 0. The van der Waals surface area contributed by atoms with Gasteiger partial charge >= 0.3 is 51.4 Å². The van der Waals surface area contributed by atoms with Crippen molar-refractivity contribution in [3.8, 4) is 0 Å². The van der Waals surface area contributed by atoms with Crippen molar-refractivity contribution >= 4 is 12.4 Å². The zero-order valence-corrected chi connectivity index (χ0v) is 8.46. The fourth-order valence-corrected chi connectivity index (χ4v) is 0.464. The molecule has 0 saturated carbocycles. The predicted octanol–water partition coefficient (Wildman–Crippen LogP) is -1.30. The van der Waals surface area contributed by atoms with Crippen LogP contribution in [0.2, 0.25) is 0 Å². The molecule has 0 unspecified atom stereocenters. The second-order valence-corrected chi connectivity index (χ2v) is 1.38. The van der Waals surface area contributed by atoms with E-state index in [1.807, 2.05) is 12.1 Å². The summed E-state index contributed by atoms with van der Waals surface area (Å²) < 4.78 is 0. The van der Waals surface area contributed by atoms with Crippen LogP contribution in [0.4, 0.5) is 5.69 Å². The normalized spacial score (nSPS) is 7.56. The molecule has 0 aliphatic carbocycles. The molecule has 0 spiro atoms. The molecule has 9 heavy (non-hydrogen) atoms. The zero-order chi connectivity index (χ0) is 5.82. The molecule has 2 heteroatoms. The van der Waals surface area contributed by atoms with Crippen molar-refractivity contribution in [2.24, 2.45) is 4.99 Å². The molecule has 0 fully saturated rings. The van der Waals surface area contributed by atoms with Crippen LogP contribution in [0.25, 0.3) is 0 Å². The standard InChI is InChI=1S/C7H5N.K/c1-8-7-5-3-2-4-6-7;/h1-5H;/q-2;+1. The van der Waals surface area contributed by atoms with Crippen LogP contribution in [0.15, 0.2) is 29.3 Å². The molecule has 1 nitrogen and oxygen atoms in total. The Morgan fingerprint density at radius 2 is 2.22 bits per heavy atom. The molecule has 0 heterocycles. The van der Waals surface area contributed by atoms with Crippen molar-refractivity contribution in [2.45, 2.75) is 0 Å². The fraction of sp³-hybridized carbons (Fsp3) is 0. The Morgan fingerprint density at radius 3 is 2.56 bits per heavy atom. The van der Waals surface area contributed by atoms with Crippen LogP contribution in [0.3, 0.4) is 0 Å². The van der Waals surface area contributed by atoms with Crippen molar-refractivity contribution in [2.75, 3.05) is 0 Å². The summed E-state index contributed by atoms with van der Waals surface area (Å²) in [5, 5.41) is 0. The van der Waals surface area contributed by atoms with Crippen LogP contribution in [0, 0.1) is 6.07 Å². The smallest absolute Gasteiger partial charge is 0.485 e. The molecular formula is C7H5KN-. The predicted molar refractivity (Wildman–Crippen MR) is 33.4 cm³/mol. The third-order valence-corrected chi connectivity index (χ3v) is 0.832. The van der Waals surface area contributed by atoms with Gasteiger partial charge < -0.3 is 4.99 Å². The van der Waals surface area contributed by atoms with Crippen LogP contribution in [-0.2, 0) is 0 Å². The van der Waals surface area contributed by atoms with E-state index >= 15 is 0 Å². The molecule has 1 aromatic rings. The molecule has 0 radical (unpaired) electrons. The maximum absolute atomic E-state index is 4.94. The molecular weight excluding hydrogens is 137 g/mol. The van der Waals surface area contributed by atoms with Gasteiger partial charge in [0.05, 0.1) is 0 Å². The van der Waals surface area contributed by atoms with E-state index in [1.165, 1.54) is 0 Å². The Bertz CT molecular complexity index is 172. The summed E-state index contributed by atoms with van der Waals surface area (Å²) in [6.45, 7) is 4.94. The van der Waals surface area contributed by atoms with E-state index in [0.29, 0.717) is 5.69 Å². The van der Waals surface area contributed by atoms with Crippen LogP contribution in [0.1, 0.15) is 0 Å². The summed E-state index contributed by atoms with van der Waals surface area (Å²) in [7, 11) is 0. The van der Waals surface area contributed by atoms with E-state index in [1.54, 1.807) is 12.1 Å². The summed E-state index contributed by atoms with van der Waals surface area (Å²) in [5.41, 5.74) is 0.688. The van der Waals surface area contributed by atoms with Gasteiger partial charge in [-0.15, -0.1) is 0 Å². The van der Waals surface area contributed by atoms with Crippen LogP contribution in [-0.4, -0.2) is 6.72 Å². The molecule has 0 atom stereocenters. The second-order valence-electron chi connectivity index (χ2n) is 1.38. The van der Waals surface area contributed by atoms with Gasteiger partial charge in [0, 0.05) is 0 Å². The second kappa shape index (κ2) is 5.32. The Balaban J connectivity index is 0.000000640. The van der Waals surface area contributed by atoms with Crippen LogP contribution < -0.4 is 51.4 Å². The number of hydrogen-bond acceptors (Lipinski definition) is 1. The molecule has 0 aromatic heterocycles. The Morgan fingerprint density at radius 1 is 1.44 bits per heavy atom. The van der Waals surface area contributed by atoms with E-state index in [4.69, 9.17) is 6.72 Å². The van der Waals surface area contributed by atoms with Gasteiger partial charge in [-0.05, 0) is 0 Å². The van der Waals surface area contributed by atoms with E-state index in [9.17, 15) is 0 Å². The minimum atomic E-state index is 0. The van der Waals surface area contributed by atoms with Gasteiger partial charge in [-0.2, -0.15) is 24.9 Å². The van der Waals surface area contributed by atoms with E-state index < -0.39 is 0 Å². The number of nitrogens with zero attached hydrogens (tertiary/aromatic N) is 1. The van der Waals surface area contributed by atoms with Crippen molar-refractivity contribution < 1.29 is 51.4 Å². The van der Waals surface area contributed by atoms with Gasteiger partial charge in [0.2, 0.25) is 0 Å². The largest absolute Gasteiger partial charge is 1.00 e. The minimum absolute atomic E-state index is 0. The van der Waals surface area contributed by atoms with Crippen molar-refractivity contribution in [3.05, 3.63) is 30.3 Å². The number of hydrogen-bond donors (Lipinski definition) is 0. The first-order chi connectivity index (χ1) is 3.93. The third-order valence-electron chi connectivity index (χ3n) is 0.832. The average Bonchev–Trinajstić information content (AvgIpc) is 1.90. The maximum atomic E-state index is 4.94. The SMILES string of the molecule is [CH-]=Nc1[c-]cccc1.[K+]. The average molecular weight is 142 g/mol. The Hall–Kier alpha value is 0.526. The summed E-state index contributed by atoms with van der Waals surface area (Å²) >= 11 is 0. The van der Waals surface area contributed by atoms with Crippen LogP contribution >= 0.6 is 0 Å². The number of rotatable bonds is 1. The summed E-state index contributed by atoms with van der Waals surface area (Å²) in [6, 6.07) is 10.1. The monoisotopic (exact) mass is 142 g/mol. The van der Waals surface area contributed by atoms with Crippen molar-refractivity contribution in [1.82, 2.24) is 0 Å². The molecule has 0 bridgehead atoms. The molecule has 1 rings (SSSR count). The number of benzene rings is 1. The van der Waals surface area contributed by atoms with Gasteiger partial charge in [-0.25, -0.2) is 11.8 Å². The molecule has 40 valence electrons. The first-order valence-electron chi connectivity index (χ1n) is 2.31. The van der Waals surface area contributed by atoms with Crippen molar-refractivity contribution in [1.29, 1.82) is 0 Å². The number of para-hydroxylation sites is 1. The van der Waals surface area contributed by atoms with E-state index in [-0.39, 0.29) is 51.4 Å². The van der Waals surface area contributed by atoms with Gasteiger partial charge in [0.1, 0.15) is 0 Å². The summed E-state index contributed by atoms with van der Waals surface area (Å²) in [4.78, 5) is 3.42. The van der Waals surface area contributed by atoms with Gasteiger partial charge in [0.15, 0.2) is 0 Å². The molecule has 0 N–H and O–H groups in total. The first-order valence-corrected chi connectivity index (χ1v) is 2.31. The molecule has 0 aliphatic heterocycles. The minimum Gasteiger partial charge on any atom is -0.485 e. The van der Waals surface area contributed by atoms with Gasteiger partial charge in [-0.1, -0.05) is 0 Å². The number of aliphatic imine (C=N–C) groups is 1. The Kier molecular flexibility index (Phi) is 5.63. The quantitative estimate of drug-likeness (QED) is 0.262. The molecule has 0 saturated heterocycles. The van der Waals surface area contributed by atoms with Gasteiger partial charge in [0.25, 0.3) is 0 Å². The van der Waals surface area contributed by atoms with Crippen molar-refractivity contribution in [3.63, 3.8) is 0 Å². The zero-order valence-electron chi connectivity index (χ0n) is 5.33. The maximum Gasteiger partial charge on any atom is 1.00 e. The topological polar surface area (TPSA) is 12.4 Å². The molecule has 0 aliphatic rings. The van der Waals surface area contributed by atoms with E-state index in [0.717, 1.165) is 0 Å². The Labute approximate surface area is 97.6 Å². The summed E-state index contributed by atoms with van der Waals surface area (Å²) in [5.74, 6) is 0. The van der Waals surface area contributed by atoms with Crippen LogP contribution in [0.5, 0.6) is 0 Å². The third kappa shape index (κ3) is 3.28. The first kappa shape index (κ1) is 9.53. The van der Waals surface area contributed by atoms with Gasteiger partial charge in [-0.3, -0.25) is 6.07 Å². The fourth-order valence-electron chi connectivity index (χ4n) is 0.464. The van der Waals surface area contributed by atoms with E-state index in [2.05, 4.69) is 11.1 Å². The molecule has 1 aromatic carbocycles.